The lowest BCUT2D eigenvalue weighted by atomic mass is 10.2. The van der Waals surface area contributed by atoms with Crippen molar-refractivity contribution in [1.29, 1.82) is 0 Å². The minimum Gasteiger partial charge on any atom is -0.480 e. The summed E-state index contributed by atoms with van der Waals surface area (Å²) in [5.74, 6) is -0.773. The van der Waals surface area contributed by atoms with E-state index in [1.165, 1.54) is 6.92 Å². The van der Waals surface area contributed by atoms with Gasteiger partial charge in [-0.25, -0.2) is 9.97 Å². The second-order valence-electron chi connectivity index (χ2n) is 4.63. The van der Waals surface area contributed by atoms with Crippen molar-refractivity contribution in [1.82, 2.24) is 15.3 Å². The molecule has 0 aromatic carbocycles. The number of aliphatic carboxylic acids is 1. The van der Waals surface area contributed by atoms with Gasteiger partial charge in [-0.05, 0) is 33.3 Å². The molecule has 7 nitrogen and oxygen atoms in total. The minimum absolute atomic E-state index is 0.259. The predicted octanol–water partition coefficient (Wildman–Crippen LogP) is 0.875. The highest BCUT2D eigenvalue weighted by molar-refractivity contribution is 5.83. The van der Waals surface area contributed by atoms with Crippen molar-refractivity contribution in [2.45, 2.75) is 39.7 Å². The van der Waals surface area contributed by atoms with Gasteiger partial charge in [0, 0.05) is 24.4 Å². The maximum atomic E-state index is 11.4. The number of nitrogens with zero attached hydrogens (tertiary/aromatic N) is 2. The van der Waals surface area contributed by atoms with Gasteiger partial charge in [0.1, 0.15) is 6.04 Å². The lowest BCUT2D eigenvalue weighted by molar-refractivity contribution is -0.141. The standard InChI is InChI=1S/C13H20N4O3/c1-8-7-9(2)16-13(15-8)14-6-4-5-11(18)17-10(3)12(19)20/h7,10H,4-6H2,1-3H3,(H,17,18)(H,19,20)(H,14,15,16). The monoisotopic (exact) mass is 280 g/mol. The largest absolute Gasteiger partial charge is 0.480 e. The first-order valence-electron chi connectivity index (χ1n) is 6.47. The van der Waals surface area contributed by atoms with Crippen LogP contribution in [0.4, 0.5) is 5.95 Å². The number of hydrogen-bond donors (Lipinski definition) is 3. The van der Waals surface area contributed by atoms with Crippen LogP contribution in [0.25, 0.3) is 0 Å². The number of amides is 1. The molecule has 20 heavy (non-hydrogen) atoms. The fraction of sp³-hybridized carbons (Fsp3) is 0.538. The van der Waals surface area contributed by atoms with E-state index in [9.17, 15) is 9.59 Å². The number of aromatic nitrogens is 2. The maximum Gasteiger partial charge on any atom is 0.325 e. The van der Waals surface area contributed by atoms with E-state index in [4.69, 9.17) is 5.11 Å². The van der Waals surface area contributed by atoms with E-state index in [2.05, 4.69) is 20.6 Å². The Balaban J connectivity index is 2.28. The molecular formula is C13H20N4O3. The van der Waals surface area contributed by atoms with Crippen molar-refractivity contribution in [2.75, 3.05) is 11.9 Å². The van der Waals surface area contributed by atoms with Crippen LogP contribution in [-0.2, 0) is 9.59 Å². The van der Waals surface area contributed by atoms with Gasteiger partial charge in [0.25, 0.3) is 0 Å². The molecule has 0 fully saturated rings. The summed E-state index contributed by atoms with van der Waals surface area (Å²) in [6, 6.07) is 1.02. The zero-order valence-electron chi connectivity index (χ0n) is 11.9. The van der Waals surface area contributed by atoms with Gasteiger partial charge in [0.15, 0.2) is 0 Å². The van der Waals surface area contributed by atoms with E-state index in [1.54, 1.807) is 0 Å². The van der Waals surface area contributed by atoms with E-state index in [0.717, 1.165) is 11.4 Å². The SMILES string of the molecule is Cc1cc(C)nc(NCCCC(=O)NC(C)C(=O)O)n1. The normalized spacial score (nSPS) is 11.8. The van der Waals surface area contributed by atoms with E-state index < -0.39 is 12.0 Å². The summed E-state index contributed by atoms with van der Waals surface area (Å²) >= 11 is 0. The first-order chi connectivity index (χ1) is 9.38. The molecule has 0 saturated heterocycles. The molecule has 1 atom stereocenters. The lowest BCUT2D eigenvalue weighted by Gasteiger charge is -2.09. The molecule has 1 amide bonds. The summed E-state index contributed by atoms with van der Waals surface area (Å²) in [6.07, 6.45) is 0.837. The Morgan fingerprint density at radius 2 is 1.90 bits per heavy atom. The number of carbonyl (C=O) groups is 2. The topological polar surface area (TPSA) is 104 Å². The summed E-state index contributed by atoms with van der Waals surface area (Å²) in [5.41, 5.74) is 1.76. The lowest BCUT2D eigenvalue weighted by Crippen LogP contribution is -2.38. The van der Waals surface area contributed by atoms with E-state index in [1.807, 2.05) is 19.9 Å². The van der Waals surface area contributed by atoms with Crippen molar-refractivity contribution in [3.63, 3.8) is 0 Å². The Labute approximate surface area is 117 Å². The van der Waals surface area contributed by atoms with Gasteiger partial charge in [-0.1, -0.05) is 0 Å². The fourth-order valence-electron chi connectivity index (χ4n) is 1.63. The number of hydrogen-bond acceptors (Lipinski definition) is 5. The predicted molar refractivity (Wildman–Crippen MR) is 74.5 cm³/mol. The quantitative estimate of drug-likeness (QED) is 0.640. The van der Waals surface area contributed by atoms with Crippen molar-refractivity contribution in [3.05, 3.63) is 17.5 Å². The summed E-state index contributed by atoms with van der Waals surface area (Å²) in [7, 11) is 0. The Bertz CT molecular complexity index is 470. The molecule has 110 valence electrons. The average molecular weight is 280 g/mol. The molecule has 1 aromatic heterocycles. The summed E-state index contributed by atoms with van der Waals surface area (Å²) in [5, 5.41) is 14.1. The van der Waals surface area contributed by atoms with Gasteiger partial charge in [-0.3, -0.25) is 9.59 Å². The molecule has 0 aliphatic rings. The third-order valence-electron chi connectivity index (χ3n) is 2.59. The van der Waals surface area contributed by atoms with Crippen LogP contribution in [0.2, 0.25) is 0 Å². The number of carboxylic acid groups (broad SMARTS) is 1. The first-order valence-corrected chi connectivity index (χ1v) is 6.47. The molecule has 0 aliphatic carbocycles. The highest BCUT2D eigenvalue weighted by Crippen LogP contribution is 2.03. The van der Waals surface area contributed by atoms with Crippen molar-refractivity contribution in [2.24, 2.45) is 0 Å². The van der Waals surface area contributed by atoms with Crippen LogP contribution in [0.5, 0.6) is 0 Å². The number of nitrogens with one attached hydrogen (secondary N) is 2. The average Bonchev–Trinajstić information content (AvgIpc) is 2.33. The van der Waals surface area contributed by atoms with Crippen LogP contribution in [0, 0.1) is 13.8 Å². The van der Waals surface area contributed by atoms with E-state index >= 15 is 0 Å². The number of carbonyl (C=O) groups excluding carboxylic acids is 1. The van der Waals surface area contributed by atoms with Gasteiger partial charge in [-0.2, -0.15) is 0 Å². The van der Waals surface area contributed by atoms with Gasteiger partial charge < -0.3 is 15.7 Å². The van der Waals surface area contributed by atoms with Crippen LogP contribution in [0.3, 0.4) is 0 Å². The maximum absolute atomic E-state index is 11.4. The van der Waals surface area contributed by atoms with Crippen LogP contribution < -0.4 is 10.6 Å². The smallest absolute Gasteiger partial charge is 0.325 e. The van der Waals surface area contributed by atoms with Crippen LogP contribution in [0.1, 0.15) is 31.2 Å². The number of anilines is 1. The van der Waals surface area contributed by atoms with Gasteiger partial charge in [0.05, 0.1) is 0 Å². The van der Waals surface area contributed by atoms with E-state index in [-0.39, 0.29) is 12.3 Å². The summed E-state index contributed by atoms with van der Waals surface area (Å²) in [4.78, 5) is 30.5. The highest BCUT2D eigenvalue weighted by atomic mass is 16.4. The third kappa shape index (κ3) is 5.64. The Morgan fingerprint density at radius 1 is 1.30 bits per heavy atom. The summed E-state index contributed by atoms with van der Waals surface area (Å²) < 4.78 is 0. The summed E-state index contributed by atoms with van der Waals surface area (Å²) in [6.45, 7) is 5.76. The van der Waals surface area contributed by atoms with Gasteiger partial charge in [-0.15, -0.1) is 0 Å². The Kier molecular flexibility index (Phi) is 5.89. The fourth-order valence-corrected chi connectivity index (χ4v) is 1.63. The highest BCUT2D eigenvalue weighted by Gasteiger charge is 2.13. The Hall–Kier alpha value is -2.18. The van der Waals surface area contributed by atoms with E-state index in [0.29, 0.717) is 18.9 Å². The van der Waals surface area contributed by atoms with Crippen molar-refractivity contribution in [3.8, 4) is 0 Å². The molecule has 0 aliphatic heterocycles. The number of carboxylic acids is 1. The van der Waals surface area contributed by atoms with Gasteiger partial charge in [0.2, 0.25) is 11.9 Å². The second kappa shape index (κ2) is 7.42. The van der Waals surface area contributed by atoms with Crippen LogP contribution in [-0.4, -0.2) is 39.5 Å². The molecule has 0 spiro atoms. The zero-order chi connectivity index (χ0) is 15.1. The van der Waals surface area contributed by atoms with Crippen molar-refractivity contribution >= 4 is 17.8 Å². The molecule has 1 heterocycles. The molecule has 1 unspecified atom stereocenters. The number of aryl methyl sites for hydroxylation is 2. The first kappa shape index (κ1) is 15.9. The molecule has 7 heteroatoms. The molecule has 1 aromatic rings. The minimum atomic E-state index is -1.04. The van der Waals surface area contributed by atoms with Crippen LogP contribution >= 0.6 is 0 Å². The Morgan fingerprint density at radius 3 is 2.45 bits per heavy atom. The number of rotatable bonds is 7. The molecule has 1 rings (SSSR count). The molecule has 0 bridgehead atoms. The molecular weight excluding hydrogens is 260 g/mol. The third-order valence-corrected chi connectivity index (χ3v) is 2.59. The van der Waals surface area contributed by atoms with Gasteiger partial charge >= 0.3 is 5.97 Å². The molecule has 0 radical (unpaired) electrons. The molecule has 0 saturated carbocycles. The van der Waals surface area contributed by atoms with Crippen molar-refractivity contribution < 1.29 is 14.7 Å². The van der Waals surface area contributed by atoms with Crippen LogP contribution in [0.15, 0.2) is 6.07 Å². The second-order valence-corrected chi connectivity index (χ2v) is 4.63. The zero-order valence-corrected chi connectivity index (χ0v) is 11.9. The molecule has 3 N–H and O–H groups in total.